The zero-order valence-electron chi connectivity index (χ0n) is 19.6. The van der Waals surface area contributed by atoms with E-state index in [4.69, 9.17) is 4.99 Å². The quantitative estimate of drug-likeness (QED) is 0.383. The Morgan fingerprint density at radius 1 is 0.943 bits per heavy atom. The number of benzene rings is 3. The van der Waals surface area contributed by atoms with Crippen molar-refractivity contribution in [3.05, 3.63) is 90.0 Å². The van der Waals surface area contributed by atoms with E-state index < -0.39 is 10.0 Å². The Bertz CT molecular complexity index is 1490. The van der Waals surface area contributed by atoms with Gasteiger partial charge in [-0.05, 0) is 30.3 Å². The van der Waals surface area contributed by atoms with Crippen molar-refractivity contribution in [2.24, 2.45) is 4.99 Å². The van der Waals surface area contributed by atoms with Crippen LogP contribution >= 0.6 is 0 Å². The number of fused-ring (bicyclic) bond motifs is 1. The highest BCUT2D eigenvalue weighted by Gasteiger charge is 2.22. The number of H-pyrrole nitrogens is 1. The van der Waals surface area contributed by atoms with Crippen LogP contribution in [0.2, 0.25) is 0 Å². The molecule has 0 bridgehead atoms. The van der Waals surface area contributed by atoms with Crippen LogP contribution in [0.25, 0.3) is 10.9 Å². The molecule has 1 aromatic heterocycles. The van der Waals surface area contributed by atoms with E-state index in [2.05, 4.69) is 4.98 Å². The third-order valence-electron chi connectivity index (χ3n) is 5.53. The van der Waals surface area contributed by atoms with Crippen LogP contribution in [0.15, 0.2) is 83.9 Å². The molecule has 8 nitrogen and oxygen atoms in total. The molecule has 4 rings (SSSR count). The summed E-state index contributed by atoms with van der Waals surface area (Å²) in [5.74, 6) is -0.324. The summed E-state index contributed by atoms with van der Waals surface area (Å²) < 4.78 is 25.8. The van der Waals surface area contributed by atoms with Crippen LogP contribution in [0, 0.1) is 0 Å². The first-order valence-electron chi connectivity index (χ1n) is 10.9. The fraction of sp³-hybridized carbons (Fsp3) is 0.154. The molecule has 0 aliphatic rings. The number of amides is 1. The lowest BCUT2D eigenvalue weighted by atomic mass is 10.0. The van der Waals surface area contributed by atoms with Gasteiger partial charge in [-0.3, -0.25) is 9.10 Å². The molecule has 0 unspecified atom stereocenters. The van der Waals surface area contributed by atoms with Crippen LogP contribution in [0.4, 0.5) is 11.4 Å². The van der Waals surface area contributed by atoms with Gasteiger partial charge in [-0.15, -0.1) is 0 Å². The number of aromatic amines is 1. The average Bonchev–Trinajstić information content (AvgIpc) is 3.16. The molecule has 0 aliphatic heterocycles. The normalized spacial score (nSPS) is 12.0. The van der Waals surface area contributed by atoms with Crippen molar-refractivity contribution in [1.82, 2.24) is 9.88 Å². The summed E-state index contributed by atoms with van der Waals surface area (Å²) in [6, 6.07) is 23.7. The van der Waals surface area contributed by atoms with E-state index >= 15 is 0 Å². The number of carbonyl (C=O) groups is 1. The summed E-state index contributed by atoms with van der Waals surface area (Å²) in [6.07, 6.45) is 1.06. The van der Waals surface area contributed by atoms with Gasteiger partial charge in [0.1, 0.15) is 6.54 Å². The zero-order chi connectivity index (χ0) is 25.2. The predicted molar refractivity (Wildman–Crippen MR) is 139 cm³/mol. The van der Waals surface area contributed by atoms with Crippen LogP contribution in [-0.2, 0) is 14.8 Å². The monoisotopic (exact) mass is 490 g/mol. The van der Waals surface area contributed by atoms with E-state index in [1.54, 1.807) is 38.4 Å². The number of aromatic nitrogens is 1. The number of nitrogens with one attached hydrogen (secondary N) is 1. The number of rotatable bonds is 7. The molecule has 2 N–H and O–H groups in total. The Morgan fingerprint density at radius 2 is 1.57 bits per heavy atom. The van der Waals surface area contributed by atoms with E-state index in [1.165, 1.54) is 4.90 Å². The first kappa shape index (κ1) is 24.0. The third kappa shape index (κ3) is 5.20. The van der Waals surface area contributed by atoms with Gasteiger partial charge in [0.05, 0.1) is 28.9 Å². The van der Waals surface area contributed by atoms with Crippen LogP contribution in [-0.4, -0.2) is 61.9 Å². The number of para-hydroxylation sites is 1. The fourth-order valence-electron chi connectivity index (χ4n) is 3.72. The molecule has 0 fully saturated rings. The van der Waals surface area contributed by atoms with Crippen molar-refractivity contribution in [3.63, 3.8) is 0 Å². The molecule has 0 radical (unpaired) electrons. The number of hydrogen-bond acceptors (Lipinski definition) is 5. The smallest absolute Gasteiger partial charge is 0.242 e. The van der Waals surface area contributed by atoms with Gasteiger partial charge in [-0.2, -0.15) is 0 Å². The van der Waals surface area contributed by atoms with Crippen LogP contribution in [0.5, 0.6) is 5.88 Å². The topological polar surface area (TPSA) is 106 Å². The maximum Gasteiger partial charge on any atom is 0.242 e. The highest BCUT2D eigenvalue weighted by Crippen LogP contribution is 2.32. The van der Waals surface area contributed by atoms with Crippen molar-refractivity contribution >= 4 is 43.9 Å². The molecule has 180 valence electrons. The summed E-state index contributed by atoms with van der Waals surface area (Å²) in [7, 11) is -0.528. The molecule has 0 saturated heterocycles. The number of carbonyl (C=O) groups excluding carboxylic acids is 1. The molecular formula is C26H26N4O4S. The van der Waals surface area contributed by atoms with Gasteiger partial charge in [-0.25, -0.2) is 13.4 Å². The molecule has 0 saturated carbocycles. The number of sulfonamides is 1. The summed E-state index contributed by atoms with van der Waals surface area (Å²) in [4.78, 5) is 21.4. The van der Waals surface area contributed by atoms with Gasteiger partial charge in [0.25, 0.3) is 0 Å². The minimum absolute atomic E-state index is 0.0101. The first-order chi connectivity index (χ1) is 16.6. The molecule has 35 heavy (non-hydrogen) atoms. The summed E-state index contributed by atoms with van der Waals surface area (Å²) in [6.45, 7) is -0.299. The molecule has 0 atom stereocenters. The number of aromatic hydroxyl groups is 1. The maximum absolute atomic E-state index is 12.4. The lowest BCUT2D eigenvalue weighted by molar-refractivity contribution is -0.127. The van der Waals surface area contributed by atoms with Crippen LogP contribution in [0.3, 0.4) is 0 Å². The lowest BCUT2D eigenvalue weighted by Gasteiger charge is -2.23. The Morgan fingerprint density at radius 3 is 2.20 bits per heavy atom. The van der Waals surface area contributed by atoms with Gasteiger partial charge in [0.2, 0.25) is 15.9 Å². The number of likely N-dealkylation sites (N-methyl/N-ethyl adjacent to an activating group) is 1. The molecule has 1 amide bonds. The molecule has 0 spiro atoms. The van der Waals surface area contributed by atoms with Gasteiger partial charge < -0.3 is 15.0 Å². The second-order valence-corrected chi connectivity index (χ2v) is 10.2. The Balaban J connectivity index is 1.79. The van der Waals surface area contributed by atoms with E-state index in [1.807, 2.05) is 54.6 Å². The number of anilines is 1. The number of aliphatic imine (C=N–C) groups is 1. The van der Waals surface area contributed by atoms with Crippen molar-refractivity contribution in [3.8, 4) is 5.88 Å². The van der Waals surface area contributed by atoms with Gasteiger partial charge in [0.15, 0.2) is 5.88 Å². The fourth-order valence-corrected chi connectivity index (χ4v) is 4.56. The summed E-state index contributed by atoms with van der Waals surface area (Å²) >= 11 is 0. The van der Waals surface area contributed by atoms with E-state index in [0.29, 0.717) is 22.6 Å². The Labute approximate surface area is 204 Å². The highest BCUT2D eigenvalue weighted by molar-refractivity contribution is 7.92. The van der Waals surface area contributed by atoms with Crippen molar-refractivity contribution in [2.75, 3.05) is 31.2 Å². The Hall–Kier alpha value is -4.11. The van der Waals surface area contributed by atoms with Crippen molar-refractivity contribution in [1.29, 1.82) is 0 Å². The molecule has 4 aromatic rings. The molecular weight excluding hydrogens is 464 g/mol. The van der Waals surface area contributed by atoms with E-state index in [9.17, 15) is 18.3 Å². The van der Waals surface area contributed by atoms with E-state index in [0.717, 1.165) is 27.0 Å². The summed E-state index contributed by atoms with van der Waals surface area (Å²) in [5.41, 5.74) is 3.66. The highest BCUT2D eigenvalue weighted by atomic mass is 32.2. The molecule has 0 aliphatic carbocycles. The summed E-state index contributed by atoms with van der Waals surface area (Å²) in [5, 5.41) is 11.6. The SMILES string of the molecule is CN(C)C(=O)CN(c1ccc(N=C(c2ccccc2)c2c(O)[nH]c3ccccc23)cc1)S(C)(=O)=O. The van der Waals surface area contributed by atoms with Crippen molar-refractivity contribution in [2.45, 2.75) is 0 Å². The second-order valence-electron chi connectivity index (χ2n) is 8.29. The predicted octanol–water partition coefficient (Wildman–Crippen LogP) is 3.90. The standard InChI is InChI=1S/C26H26N4O4S/c1-29(2)23(31)17-30(35(3,33)34)20-15-13-19(14-16-20)27-25(18-9-5-4-6-10-18)24-21-11-7-8-12-22(21)28-26(24)32/h4-16,28,32H,17H2,1-3H3. The molecule has 3 aromatic carbocycles. The average molecular weight is 491 g/mol. The molecule has 9 heteroatoms. The minimum atomic E-state index is -3.68. The number of nitrogens with zero attached hydrogens (tertiary/aromatic N) is 3. The van der Waals surface area contributed by atoms with Gasteiger partial charge in [-0.1, -0.05) is 48.5 Å². The maximum atomic E-state index is 12.4. The van der Waals surface area contributed by atoms with Gasteiger partial charge in [0, 0.05) is 30.6 Å². The largest absolute Gasteiger partial charge is 0.494 e. The number of hydrogen-bond donors (Lipinski definition) is 2. The van der Waals surface area contributed by atoms with Gasteiger partial charge >= 0.3 is 0 Å². The Kier molecular flexibility index (Phi) is 6.61. The second kappa shape index (κ2) is 9.63. The van der Waals surface area contributed by atoms with Crippen molar-refractivity contribution < 1.29 is 18.3 Å². The molecule has 1 heterocycles. The third-order valence-corrected chi connectivity index (χ3v) is 6.67. The minimum Gasteiger partial charge on any atom is -0.494 e. The zero-order valence-corrected chi connectivity index (χ0v) is 20.5. The lowest BCUT2D eigenvalue weighted by Crippen LogP contribution is -2.39. The van der Waals surface area contributed by atoms with Crippen LogP contribution in [0.1, 0.15) is 11.1 Å². The first-order valence-corrected chi connectivity index (χ1v) is 12.7. The van der Waals surface area contributed by atoms with Crippen LogP contribution < -0.4 is 4.31 Å². The van der Waals surface area contributed by atoms with E-state index in [-0.39, 0.29) is 18.3 Å².